The number of aromatic nitrogens is 1. The summed E-state index contributed by atoms with van der Waals surface area (Å²) in [7, 11) is -3.81. The van der Waals surface area contributed by atoms with Crippen molar-refractivity contribution in [2.24, 2.45) is 0 Å². The van der Waals surface area contributed by atoms with E-state index in [1.165, 1.54) is 23.4 Å². The van der Waals surface area contributed by atoms with Crippen LogP contribution >= 0.6 is 34.3 Å². The van der Waals surface area contributed by atoms with Gasteiger partial charge in [0.15, 0.2) is 10.9 Å². The molecular formula is C16H18ClN3O4S3. The molecule has 1 atom stereocenters. The fourth-order valence-electron chi connectivity index (χ4n) is 2.97. The quantitative estimate of drug-likeness (QED) is 0.707. The molecule has 7 nitrogen and oxygen atoms in total. The minimum Gasteiger partial charge on any atom is -0.301 e. The average Bonchev–Trinajstić information content (AvgIpc) is 3.21. The predicted octanol–water partition coefficient (Wildman–Crippen LogP) is 3.55. The molecule has 3 rings (SSSR count). The van der Waals surface area contributed by atoms with Crippen molar-refractivity contribution >= 4 is 61.1 Å². The molecule has 0 saturated carbocycles. The van der Waals surface area contributed by atoms with Crippen molar-refractivity contribution in [1.82, 2.24) is 9.29 Å². The molecule has 1 amide bonds. The van der Waals surface area contributed by atoms with Crippen LogP contribution in [0.3, 0.4) is 0 Å². The molecule has 0 bridgehead atoms. The van der Waals surface area contributed by atoms with Gasteiger partial charge in [-0.3, -0.25) is 9.59 Å². The summed E-state index contributed by atoms with van der Waals surface area (Å²) >= 11 is 7.94. The minimum absolute atomic E-state index is 0.121. The lowest BCUT2D eigenvalue weighted by atomic mass is 10.0. The molecule has 0 radical (unpaired) electrons. The van der Waals surface area contributed by atoms with E-state index in [-0.39, 0.29) is 16.5 Å². The number of aryl methyl sites for hydroxylation is 1. The Bertz CT molecular complexity index is 983. The van der Waals surface area contributed by atoms with E-state index in [0.717, 1.165) is 29.1 Å². The SMILES string of the molecule is CC(=O)c1sc(NC(=O)C2CCCCN2S(=O)(=O)c2ccc(Cl)s2)nc1C. The maximum absolute atomic E-state index is 13.0. The van der Waals surface area contributed by atoms with Crippen LogP contribution in [0.15, 0.2) is 16.3 Å². The highest BCUT2D eigenvalue weighted by molar-refractivity contribution is 7.91. The molecule has 27 heavy (non-hydrogen) atoms. The van der Waals surface area contributed by atoms with Crippen LogP contribution in [0.5, 0.6) is 0 Å². The van der Waals surface area contributed by atoms with Gasteiger partial charge in [0.05, 0.1) is 14.9 Å². The maximum Gasteiger partial charge on any atom is 0.253 e. The molecule has 1 aliphatic heterocycles. The van der Waals surface area contributed by atoms with Gasteiger partial charge >= 0.3 is 0 Å². The molecular weight excluding hydrogens is 430 g/mol. The number of carbonyl (C=O) groups excluding carboxylic acids is 2. The number of thiophene rings is 1. The fourth-order valence-corrected chi connectivity index (χ4v) is 7.10. The molecule has 1 N–H and O–H groups in total. The van der Waals surface area contributed by atoms with Crippen molar-refractivity contribution in [2.45, 2.75) is 43.4 Å². The van der Waals surface area contributed by atoms with Gasteiger partial charge in [0.2, 0.25) is 5.91 Å². The highest BCUT2D eigenvalue weighted by atomic mass is 35.5. The second-order valence-electron chi connectivity index (χ2n) is 6.16. The lowest BCUT2D eigenvalue weighted by Crippen LogP contribution is -2.49. The Hall–Kier alpha value is -1.33. The molecule has 1 fully saturated rings. The highest BCUT2D eigenvalue weighted by Gasteiger charge is 2.38. The Balaban J connectivity index is 1.84. The summed E-state index contributed by atoms with van der Waals surface area (Å²) in [6, 6.07) is 2.16. The lowest BCUT2D eigenvalue weighted by Gasteiger charge is -2.32. The van der Waals surface area contributed by atoms with Crippen molar-refractivity contribution in [2.75, 3.05) is 11.9 Å². The number of nitrogens with one attached hydrogen (secondary N) is 1. The Morgan fingerprint density at radius 2 is 2.04 bits per heavy atom. The number of nitrogens with zero attached hydrogens (tertiary/aromatic N) is 2. The average molecular weight is 448 g/mol. The number of halogens is 1. The van der Waals surface area contributed by atoms with Crippen molar-refractivity contribution in [3.05, 3.63) is 27.0 Å². The van der Waals surface area contributed by atoms with Gasteiger partial charge in [-0.15, -0.1) is 11.3 Å². The first-order valence-electron chi connectivity index (χ1n) is 8.26. The smallest absolute Gasteiger partial charge is 0.253 e. The number of rotatable bonds is 5. The summed E-state index contributed by atoms with van der Waals surface area (Å²) in [5.74, 6) is -0.563. The van der Waals surface area contributed by atoms with Crippen LogP contribution in [0.25, 0.3) is 0 Å². The second-order valence-corrected chi connectivity index (χ2v) is 11.0. The number of amides is 1. The zero-order valence-electron chi connectivity index (χ0n) is 14.7. The van der Waals surface area contributed by atoms with E-state index in [0.29, 0.717) is 32.9 Å². The van der Waals surface area contributed by atoms with Gasteiger partial charge in [-0.25, -0.2) is 13.4 Å². The summed E-state index contributed by atoms with van der Waals surface area (Å²) in [5.41, 5.74) is 0.546. The zero-order valence-corrected chi connectivity index (χ0v) is 17.9. The molecule has 2 aromatic rings. The Labute approximate surface area is 170 Å². The van der Waals surface area contributed by atoms with E-state index in [2.05, 4.69) is 10.3 Å². The first kappa shape index (κ1) is 20.4. The standard InChI is InChI=1S/C16H18ClN3O4S3/c1-9-14(10(2)21)26-16(18-9)19-15(22)11-5-3-4-8-20(11)27(23,24)13-7-6-12(17)25-13/h6-7,11H,3-5,8H2,1-2H3,(H,18,19,22). The molecule has 1 aliphatic rings. The van der Waals surface area contributed by atoms with E-state index in [1.54, 1.807) is 6.92 Å². The number of anilines is 1. The normalized spacial score (nSPS) is 18.4. The van der Waals surface area contributed by atoms with Crippen molar-refractivity contribution in [3.8, 4) is 0 Å². The Morgan fingerprint density at radius 3 is 2.63 bits per heavy atom. The van der Waals surface area contributed by atoms with E-state index in [4.69, 9.17) is 11.6 Å². The Morgan fingerprint density at radius 1 is 1.30 bits per heavy atom. The van der Waals surface area contributed by atoms with Gasteiger partial charge in [-0.2, -0.15) is 4.31 Å². The van der Waals surface area contributed by atoms with E-state index in [1.807, 2.05) is 0 Å². The van der Waals surface area contributed by atoms with E-state index >= 15 is 0 Å². The van der Waals surface area contributed by atoms with Gasteiger partial charge in [0, 0.05) is 13.5 Å². The topological polar surface area (TPSA) is 96.4 Å². The van der Waals surface area contributed by atoms with E-state index < -0.39 is 22.0 Å². The third-order valence-corrected chi connectivity index (χ3v) is 8.99. The summed E-state index contributed by atoms with van der Waals surface area (Å²) in [6.45, 7) is 3.40. The van der Waals surface area contributed by atoms with Crippen LogP contribution in [-0.4, -0.2) is 42.0 Å². The molecule has 1 unspecified atom stereocenters. The largest absolute Gasteiger partial charge is 0.301 e. The van der Waals surface area contributed by atoms with Crippen molar-refractivity contribution in [1.29, 1.82) is 0 Å². The van der Waals surface area contributed by atoms with Gasteiger partial charge in [0.25, 0.3) is 10.0 Å². The van der Waals surface area contributed by atoms with Gasteiger partial charge in [-0.1, -0.05) is 29.4 Å². The van der Waals surface area contributed by atoms with Crippen LogP contribution in [0.1, 0.15) is 41.6 Å². The minimum atomic E-state index is -3.81. The summed E-state index contributed by atoms with van der Waals surface area (Å²) in [5, 5.41) is 2.97. The first-order chi connectivity index (χ1) is 12.7. The molecule has 3 heterocycles. The number of ketones is 1. The Kier molecular flexibility index (Phi) is 6.02. The monoisotopic (exact) mass is 447 g/mol. The molecule has 11 heteroatoms. The van der Waals surface area contributed by atoms with Crippen LogP contribution in [0, 0.1) is 6.92 Å². The first-order valence-corrected chi connectivity index (χ1v) is 11.7. The zero-order chi connectivity index (χ0) is 19.8. The fraction of sp³-hybridized carbons (Fsp3) is 0.438. The highest BCUT2D eigenvalue weighted by Crippen LogP contribution is 2.32. The van der Waals surface area contributed by atoms with Crippen LogP contribution in [0.2, 0.25) is 4.34 Å². The molecule has 0 spiro atoms. The summed E-state index contributed by atoms with van der Waals surface area (Å²) in [4.78, 5) is 29.0. The molecule has 0 aliphatic carbocycles. The number of thiazole rings is 1. The van der Waals surface area contributed by atoms with Crippen LogP contribution < -0.4 is 5.32 Å². The number of hydrogen-bond donors (Lipinski definition) is 1. The summed E-state index contributed by atoms with van der Waals surface area (Å²) in [6.07, 6.45) is 1.87. The van der Waals surface area contributed by atoms with Crippen molar-refractivity contribution < 1.29 is 18.0 Å². The van der Waals surface area contributed by atoms with Gasteiger partial charge in [-0.05, 0) is 31.9 Å². The van der Waals surface area contributed by atoms with Gasteiger partial charge in [0.1, 0.15) is 10.3 Å². The third-order valence-electron chi connectivity index (χ3n) is 4.21. The van der Waals surface area contributed by atoms with Crippen molar-refractivity contribution in [3.63, 3.8) is 0 Å². The summed E-state index contributed by atoms with van der Waals surface area (Å²) < 4.78 is 27.6. The maximum atomic E-state index is 13.0. The molecule has 1 saturated heterocycles. The van der Waals surface area contributed by atoms with Crippen LogP contribution in [-0.2, 0) is 14.8 Å². The number of carbonyl (C=O) groups is 2. The number of hydrogen-bond acceptors (Lipinski definition) is 7. The number of piperidine rings is 1. The lowest BCUT2D eigenvalue weighted by molar-refractivity contribution is -0.120. The third kappa shape index (κ3) is 4.24. The number of sulfonamides is 1. The van der Waals surface area contributed by atoms with E-state index in [9.17, 15) is 18.0 Å². The van der Waals surface area contributed by atoms with Crippen LogP contribution in [0.4, 0.5) is 5.13 Å². The predicted molar refractivity (Wildman–Crippen MR) is 106 cm³/mol. The second kappa shape index (κ2) is 7.96. The van der Waals surface area contributed by atoms with Gasteiger partial charge < -0.3 is 5.32 Å². The molecule has 2 aromatic heterocycles. The molecule has 146 valence electrons. The molecule has 0 aromatic carbocycles. The number of Topliss-reactive ketones (excluding diaryl/α,β-unsaturated/α-hetero) is 1.